The molecule has 27 heavy (non-hydrogen) atoms. The summed E-state index contributed by atoms with van der Waals surface area (Å²) >= 11 is 0. The van der Waals surface area contributed by atoms with Crippen molar-refractivity contribution in [2.45, 2.75) is 33.6 Å². The minimum Gasteiger partial charge on any atom is -0.493 e. The molecule has 1 rings (SSSR count). The molecule has 8 nitrogen and oxygen atoms in total. The smallest absolute Gasteiger partial charge is 0.331 e. The van der Waals surface area contributed by atoms with E-state index in [4.69, 9.17) is 19.3 Å². The normalized spacial score (nSPS) is 10.9. The van der Waals surface area contributed by atoms with Gasteiger partial charge in [-0.3, -0.25) is 14.4 Å². The quantitative estimate of drug-likeness (QED) is 0.301. The van der Waals surface area contributed by atoms with E-state index < -0.39 is 30.3 Å². The lowest BCUT2D eigenvalue weighted by atomic mass is 10.0. The van der Waals surface area contributed by atoms with Crippen molar-refractivity contribution in [2.24, 2.45) is 0 Å². The number of ketones is 1. The fourth-order valence-corrected chi connectivity index (χ4v) is 2.25. The summed E-state index contributed by atoms with van der Waals surface area (Å²) < 4.78 is 15.1. The number of Topliss-reactive ketones (excluding diaryl/α,β-unsaturated/α-hetero) is 1. The van der Waals surface area contributed by atoms with Gasteiger partial charge in [-0.05, 0) is 25.0 Å². The number of carbonyl (C=O) groups excluding carboxylic acids is 3. The van der Waals surface area contributed by atoms with Crippen molar-refractivity contribution in [3.05, 3.63) is 34.9 Å². The van der Waals surface area contributed by atoms with E-state index in [9.17, 15) is 19.2 Å². The Balaban J connectivity index is 3.38. The molecule has 8 heteroatoms. The zero-order valence-corrected chi connectivity index (χ0v) is 15.7. The highest BCUT2D eigenvalue weighted by Crippen LogP contribution is 2.34. The van der Waals surface area contributed by atoms with E-state index in [0.717, 1.165) is 0 Å². The second kappa shape index (κ2) is 10.1. The fraction of sp³-hybridized carbons (Fsp3) is 0.368. The standard InChI is InChI=1S/C19H22O8/c1-5-13(19(23)24)6-7-14-8-15(16(22)10-26-11(2)20)9-17(25-4)18(14)27-12(3)21/h6,8-9H,5,7,10H2,1-4H3,(H,23,24). The summed E-state index contributed by atoms with van der Waals surface area (Å²) in [6.07, 6.45) is 1.88. The van der Waals surface area contributed by atoms with Crippen molar-refractivity contribution in [3.8, 4) is 11.5 Å². The summed E-state index contributed by atoms with van der Waals surface area (Å²) in [6.45, 7) is 3.65. The van der Waals surface area contributed by atoms with E-state index in [1.54, 1.807) is 6.92 Å². The molecular weight excluding hydrogens is 356 g/mol. The molecule has 0 heterocycles. The van der Waals surface area contributed by atoms with Gasteiger partial charge in [0.15, 0.2) is 23.9 Å². The van der Waals surface area contributed by atoms with Gasteiger partial charge in [0.25, 0.3) is 0 Å². The number of methoxy groups -OCH3 is 1. The maximum absolute atomic E-state index is 12.3. The first-order chi connectivity index (χ1) is 12.7. The van der Waals surface area contributed by atoms with Crippen LogP contribution in [0.15, 0.2) is 23.8 Å². The third kappa shape index (κ3) is 6.58. The molecule has 0 fully saturated rings. The Labute approximate surface area is 156 Å². The summed E-state index contributed by atoms with van der Waals surface area (Å²) in [6, 6.07) is 2.83. The van der Waals surface area contributed by atoms with Crippen LogP contribution in [-0.2, 0) is 25.5 Å². The number of benzene rings is 1. The third-order valence-electron chi connectivity index (χ3n) is 3.55. The molecule has 146 valence electrons. The Bertz CT molecular complexity index is 776. The molecule has 0 saturated carbocycles. The maximum Gasteiger partial charge on any atom is 0.331 e. The van der Waals surface area contributed by atoms with Crippen LogP contribution in [0.4, 0.5) is 0 Å². The van der Waals surface area contributed by atoms with Gasteiger partial charge in [0.2, 0.25) is 0 Å². The zero-order valence-electron chi connectivity index (χ0n) is 15.7. The zero-order chi connectivity index (χ0) is 20.6. The molecule has 0 spiro atoms. The van der Waals surface area contributed by atoms with Gasteiger partial charge in [0.05, 0.1) is 7.11 Å². The molecule has 0 radical (unpaired) electrons. The van der Waals surface area contributed by atoms with Crippen molar-refractivity contribution >= 4 is 23.7 Å². The molecular formula is C19H22O8. The van der Waals surface area contributed by atoms with E-state index in [1.807, 2.05) is 0 Å². The van der Waals surface area contributed by atoms with Gasteiger partial charge in [-0.25, -0.2) is 4.79 Å². The van der Waals surface area contributed by atoms with Crippen molar-refractivity contribution in [2.75, 3.05) is 13.7 Å². The molecule has 0 aliphatic carbocycles. The lowest BCUT2D eigenvalue weighted by molar-refractivity contribution is -0.140. The third-order valence-corrected chi connectivity index (χ3v) is 3.55. The number of carbonyl (C=O) groups is 4. The minimum atomic E-state index is -1.06. The predicted octanol–water partition coefficient (Wildman–Crippen LogP) is 2.33. The highest BCUT2D eigenvalue weighted by atomic mass is 16.6. The molecule has 0 atom stereocenters. The number of allylic oxidation sites excluding steroid dienone is 1. The first kappa shape index (κ1) is 21.9. The van der Waals surface area contributed by atoms with Crippen molar-refractivity contribution in [1.82, 2.24) is 0 Å². The number of rotatable bonds is 9. The van der Waals surface area contributed by atoms with E-state index in [2.05, 4.69) is 0 Å². The SMILES string of the molecule is CCC(=CCc1cc(C(=O)COC(C)=O)cc(OC)c1OC(C)=O)C(=O)O. The molecule has 0 aliphatic rings. The van der Waals surface area contributed by atoms with E-state index in [0.29, 0.717) is 12.0 Å². The molecule has 1 aromatic rings. The van der Waals surface area contributed by atoms with Crippen LogP contribution >= 0.6 is 0 Å². The molecule has 0 amide bonds. The summed E-state index contributed by atoms with van der Waals surface area (Å²) in [5.41, 5.74) is 0.753. The van der Waals surface area contributed by atoms with Gasteiger partial charge >= 0.3 is 17.9 Å². The molecule has 0 saturated heterocycles. The second-order valence-electron chi connectivity index (χ2n) is 5.56. The maximum atomic E-state index is 12.3. The highest BCUT2D eigenvalue weighted by Gasteiger charge is 2.19. The predicted molar refractivity (Wildman–Crippen MR) is 95.0 cm³/mol. The van der Waals surface area contributed by atoms with Gasteiger partial charge in [-0.2, -0.15) is 0 Å². The van der Waals surface area contributed by atoms with Gasteiger partial charge in [0, 0.05) is 30.5 Å². The van der Waals surface area contributed by atoms with Crippen molar-refractivity contribution in [3.63, 3.8) is 0 Å². The summed E-state index contributed by atoms with van der Waals surface area (Å²) in [4.78, 5) is 45.8. The topological polar surface area (TPSA) is 116 Å². The van der Waals surface area contributed by atoms with Crippen LogP contribution in [0.25, 0.3) is 0 Å². The minimum absolute atomic E-state index is 0.100. The second-order valence-corrected chi connectivity index (χ2v) is 5.56. The fourth-order valence-electron chi connectivity index (χ4n) is 2.25. The molecule has 0 aromatic heterocycles. The van der Waals surface area contributed by atoms with Crippen LogP contribution in [0.2, 0.25) is 0 Å². The molecule has 0 bridgehead atoms. The van der Waals surface area contributed by atoms with Gasteiger partial charge in [0.1, 0.15) is 0 Å². The number of carboxylic acids is 1. The largest absolute Gasteiger partial charge is 0.493 e. The Morgan fingerprint density at radius 3 is 2.26 bits per heavy atom. The summed E-state index contributed by atoms with van der Waals surface area (Å²) in [5, 5.41) is 9.15. The van der Waals surface area contributed by atoms with Crippen LogP contribution in [0.5, 0.6) is 11.5 Å². The van der Waals surface area contributed by atoms with Crippen LogP contribution in [-0.4, -0.2) is 42.5 Å². The Morgan fingerprint density at radius 2 is 1.78 bits per heavy atom. The highest BCUT2D eigenvalue weighted by molar-refractivity contribution is 5.99. The molecule has 0 aliphatic heterocycles. The Kier molecular flexibility index (Phi) is 8.19. The number of carboxylic acid groups (broad SMARTS) is 1. The first-order valence-corrected chi connectivity index (χ1v) is 8.17. The van der Waals surface area contributed by atoms with E-state index >= 15 is 0 Å². The lowest BCUT2D eigenvalue weighted by Gasteiger charge is -2.14. The van der Waals surface area contributed by atoms with Gasteiger partial charge in [-0.1, -0.05) is 13.0 Å². The van der Waals surface area contributed by atoms with Crippen LogP contribution in [0.1, 0.15) is 43.1 Å². The Hall–Kier alpha value is -3.16. The van der Waals surface area contributed by atoms with Gasteiger partial charge in [-0.15, -0.1) is 0 Å². The van der Waals surface area contributed by atoms with Crippen LogP contribution < -0.4 is 9.47 Å². The number of esters is 2. The average molecular weight is 378 g/mol. The lowest BCUT2D eigenvalue weighted by Crippen LogP contribution is -2.13. The average Bonchev–Trinajstić information content (AvgIpc) is 2.60. The molecule has 1 aromatic carbocycles. The number of hydrogen-bond acceptors (Lipinski definition) is 7. The summed E-state index contributed by atoms with van der Waals surface area (Å²) in [5.74, 6) is -2.48. The first-order valence-electron chi connectivity index (χ1n) is 8.17. The van der Waals surface area contributed by atoms with E-state index in [1.165, 1.54) is 39.2 Å². The monoisotopic (exact) mass is 378 g/mol. The number of ether oxygens (including phenoxy) is 3. The number of aliphatic carboxylic acids is 1. The number of hydrogen-bond donors (Lipinski definition) is 1. The van der Waals surface area contributed by atoms with E-state index in [-0.39, 0.29) is 29.1 Å². The summed E-state index contributed by atoms with van der Waals surface area (Å²) in [7, 11) is 1.34. The van der Waals surface area contributed by atoms with Gasteiger partial charge < -0.3 is 19.3 Å². The van der Waals surface area contributed by atoms with Crippen LogP contribution in [0.3, 0.4) is 0 Å². The molecule has 1 N–H and O–H groups in total. The van der Waals surface area contributed by atoms with Crippen molar-refractivity contribution < 1.29 is 38.5 Å². The Morgan fingerprint density at radius 1 is 1.11 bits per heavy atom. The van der Waals surface area contributed by atoms with Crippen molar-refractivity contribution in [1.29, 1.82) is 0 Å². The molecule has 0 unspecified atom stereocenters. The van der Waals surface area contributed by atoms with Crippen LogP contribution in [0, 0.1) is 0 Å².